The summed E-state index contributed by atoms with van der Waals surface area (Å²) in [5, 5.41) is 4.15. The molecule has 3 heterocycles. The lowest BCUT2D eigenvalue weighted by atomic mass is 9.99. The molecule has 0 saturated carbocycles. The molecule has 154 valence electrons. The Kier molecular flexibility index (Phi) is 6.20. The summed E-state index contributed by atoms with van der Waals surface area (Å²) in [5.74, 6) is 0.974. The SMILES string of the molecule is CCCOc1c[nH]c(CSc2ncnc3scc(-c4ccc(C)cc4C)c23)cc1=O. The van der Waals surface area contributed by atoms with E-state index in [0.29, 0.717) is 18.1 Å². The molecule has 0 bridgehead atoms. The Balaban J connectivity index is 1.63. The monoisotopic (exact) mass is 437 g/mol. The van der Waals surface area contributed by atoms with E-state index in [4.69, 9.17) is 4.74 Å². The number of thiophene rings is 1. The van der Waals surface area contributed by atoms with Gasteiger partial charge in [0.2, 0.25) is 5.43 Å². The molecule has 0 fully saturated rings. The molecule has 0 aliphatic heterocycles. The molecule has 0 unspecified atom stereocenters. The normalized spacial score (nSPS) is 11.2. The lowest BCUT2D eigenvalue weighted by Crippen LogP contribution is -2.09. The van der Waals surface area contributed by atoms with E-state index < -0.39 is 0 Å². The van der Waals surface area contributed by atoms with Crippen molar-refractivity contribution in [2.75, 3.05) is 6.61 Å². The van der Waals surface area contributed by atoms with Crippen molar-refractivity contribution in [2.24, 2.45) is 0 Å². The smallest absolute Gasteiger partial charge is 0.223 e. The number of benzene rings is 1. The van der Waals surface area contributed by atoms with E-state index in [1.54, 1.807) is 41.7 Å². The van der Waals surface area contributed by atoms with Gasteiger partial charge < -0.3 is 9.72 Å². The first kappa shape index (κ1) is 20.6. The minimum Gasteiger partial charge on any atom is -0.488 e. The summed E-state index contributed by atoms with van der Waals surface area (Å²) in [6.07, 6.45) is 4.12. The van der Waals surface area contributed by atoms with Crippen molar-refractivity contribution in [3.05, 3.63) is 69.2 Å². The lowest BCUT2D eigenvalue weighted by Gasteiger charge is -2.09. The zero-order valence-electron chi connectivity index (χ0n) is 17.2. The molecule has 0 spiro atoms. The van der Waals surface area contributed by atoms with Gasteiger partial charge in [-0.05, 0) is 31.4 Å². The fraction of sp³-hybridized carbons (Fsp3) is 0.261. The number of fused-ring (bicyclic) bond motifs is 1. The highest BCUT2D eigenvalue weighted by molar-refractivity contribution is 7.98. The van der Waals surface area contributed by atoms with Gasteiger partial charge in [0.1, 0.15) is 16.2 Å². The molecule has 0 aliphatic carbocycles. The number of nitrogens with one attached hydrogen (secondary N) is 1. The highest BCUT2D eigenvalue weighted by Gasteiger charge is 2.15. The summed E-state index contributed by atoms with van der Waals surface area (Å²) in [5.41, 5.74) is 5.58. The van der Waals surface area contributed by atoms with Crippen molar-refractivity contribution in [1.82, 2.24) is 15.0 Å². The first-order valence-electron chi connectivity index (χ1n) is 9.84. The topological polar surface area (TPSA) is 67.9 Å². The molecular weight excluding hydrogens is 414 g/mol. The van der Waals surface area contributed by atoms with Crippen LogP contribution in [0.3, 0.4) is 0 Å². The molecule has 0 aliphatic rings. The molecule has 7 heteroatoms. The van der Waals surface area contributed by atoms with E-state index in [0.717, 1.165) is 32.9 Å². The van der Waals surface area contributed by atoms with E-state index >= 15 is 0 Å². The highest BCUT2D eigenvalue weighted by atomic mass is 32.2. The Morgan fingerprint density at radius 2 is 2.03 bits per heavy atom. The van der Waals surface area contributed by atoms with Gasteiger partial charge in [-0.3, -0.25) is 4.79 Å². The summed E-state index contributed by atoms with van der Waals surface area (Å²) in [4.78, 5) is 25.4. The van der Waals surface area contributed by atoms with Gasteiger partial charge in [-0.1, -0.05) is 42.4 Å². The molecule has 3 aromatic heterocycles. The van der Waals surface area contributed by atoms with Crippen LogP contribution in [0.2, 0.25) is 0 Å². The van der Waals surface area contributed by atoms with Crippen LogP contribution in [0, 0.1) is 13.8 Å². The first-order valence-corrected chi connectivity index (χ1v) is 11.7. The van der Waals surface area contributed by atoms with Gasteiger partial charge in [0, 0.05) is 34.7 Å². The van der Waals surface area contributed by atoms with Crippen LogP contribution in [0.15, 0.2) is 52.0 Å². The number of hydrogen-bond acceptors (Lipinski definition) is 6. The molecule has 5 nitrogen and oxygen atoms in total. The van der Waals surface area contributed by atoms with Crippen LogP contribution in [0.4, 0.5) is 0 Å². The molecule has 0 radical (unpaired) electrons. The predicted molar refractivity (Wildman–Crippen MR) is 125 cm³/mol. The average Bonchev–Trinajstić information content (AvgIpc) is 3.16. The van der Waals surface area contributed by atoms with E-state index in [-0.39, 0.29) is 5.43 Å². The zero-order valence-corrected chi connectivity index (χ0v) is 18.8. The second-order valence-electron chi connectivity index (χ2n) is 7.15. The molecule has 0 atom stereocenters. The van der Waals surface area contributed by atoms with Crippen LogP contribution < -0.4 is 10.2 Å². The maximum atomic E-state index is 12.3. The first-order chi connectivity index (χ1) is 14.6. The molecule has 1 aromatic carbocycles. The number of hydrogen-bond donors (Lipinski definition) is 1. The minimum absolute atomic E-state index is 0.0999. The van der Waals surface area contributed by atoms with Gasteiger partial charge in [0.05, 0.1) is 12.0 Å². The largest absolute Gasteiger partial charge is 0.488 e. The molecule has 30 heavy (non-hydrogen) atoms. The molecule has 4 rings (SSSR count). The van der Waals surface area contributed by atoms with Crippen molar-refractivity contribution in [3.8, 4) is 16.9 Å². The molecule has 0 saturated heterocycles. The standard InChI is InChI=1S/C23H23N3O2S2/c1-4-7-28-20-10-24-16(9-19(20)27)11-29-22-21-18(12-30-23(21)26-13-25-22)17-6-5-14(2)8-15(17)3/h5-6,8-10,12-13H,4,7,11H2,1-3H3,(H,24,27). The summed E-state index contributed by atoms with van der Waals surface area (Å²) < 4.78 is 5.47. The third kappa shape index (κ3) is 4.27. The summed E-state index contributed by atoms with van der Waals surface area (Å²) >= 11 is 3.23. The van der Waals surface area contributed by atoms with Crippen LogP contribution in [-0.4, -0.2) is 21.6 Å². The quantitative estimate of drug-likeness (QED) is 0.295. The predicted octanol–water partition coefficient (Wildman–Crippen LogP) is 5.74. The van der Waals surface area contributed by atoms with E-state index in [1.165, 1.54) is 16.7 Å². The van der Waals surface area contributed by atoms with Crippen molar-refractivity contribution < 1.29 is 4.74 Å². The highest BCUT2D eigenvalue weighted by Crippen LogP contribution is 2.39. The number of thioether (sulfide) groups is 1. The number of nitrogens with zero attached hydrogens (tertiary/aromatic N) is 2. The summed E-state index contributed by atoms with van der Waals surface area (Å²) in [7, 11) is 0. The van der Waals surface area contributed by atoms with Gasteiger partial charge in [0.25, 0.3) is 0 Å². The van der Waals surface area contributed by atoms with Crippen molar-refractivity contribution in [1.29, 1.82) is 0 Å². The maximum absolute atomic E-state index is 12.3. The lowest BCUT2D eigenvalue weighted by molar-refractivity contribution is 0.313. The Morgan fingerprint density at radius 1 is 1.17 bits per heavy atom. The number of ether oxygens (including phenoxy) is 1. The van der Waals surface area contributed by atoms with Crippen LogP contribution in [0.1, 0.15) is 30.2 Å². The van der Waals surface area contributed by atoms with Gasteiger partial charge in [-0.15, -0.1) is 11.3 Å². The summed E-state index contributed by atoms with van der Waals surface area (Å²) in [6.45, 7) is 6.79. The zero-order chi connectivity index (χ0) is 21.1. The number of rotatable bonds is 7. The van der Waals surface area contributed by atoms with Gasteiger partial charge >= 0.3 is 0 Å². The van der Waals surface area contributed by atoms with Gasteiger partial charge in [0.15, 0.2) is 5.75 Å². The average molecular weight is 438 g/mol. The number of pyridine rings is 1. The Bertz CT molecular complexity index is 1250. The van der Waals surface area contributed by atoms with Crippen LogP contribution in [-0.2, 0) is 5.75 Å². The summed E-state index contributed by atoms with van der Waals surface area (Å²) in [6, 6.07) is 8.10. The van der Waals surface area contributed by atoms with Crippen molar-refractivity contribution >= 4 is 33.3 Å². The van der Waals surface area contributed by atoms with Crippen LogP contribution in [0.5, 0.6) is 5.75 Å². The number of aryl methyl sites for hydroxylation is 2. The minimum atomic E-state index is -0.0999. The maximum Gasteiger partial charge on any atom is 0.223 e. The van der Waals surface area contributed by atoms with E-state index in [9.17, 15) is 4.79 Å². The van der Waals surface area contributed by atoms with Gasteiger partial charge in [-0.2, -0.15) is 0 Å². The third-order valence-corrected chi connectivity index (χ3v) is 6.70. The third-order valence-electron chi connectivity index (χ3n) is 4.77. The Morgan fingerprint density at radius 3 is 2.80 bits per heavy atom. The van der Waals surface area contributed by atoms with Crippen molar-refractivity contribution in [3.63, 3.8) is 0 Å². The van der Waals surface area contributed by atoms with E-state index in [2.05, 4.69) is 52.4 Å². The molecule has 4 aromatic rings. The number of aromatic amines is 1. The van der Waals surface area contributed by atoms with E-state index in [1.807, 2.05) is 6.92 Å². The van der Waals surface area contributed by atoms with Crippen LogP contribution >= 0.6 is 23.1 Å². The van der Waals surface area contributed by atoms with Crippen LogP contribution in [0.25, 0.3) is 21.3 Å². The molecule has 1 N–H and O–H groups in total. The fourth-order valence-electron chi connectivity index (χ4n) is 3.33. The molecule has 0 amide bonds. The molecular formula is C23H23N3O2S2. The number of aromatic nitrogens is 3. The Hall–Kier alpha value is -2.64. The second-order valence-corrected chi connectivity index (χ2v) is 8.97. The number of H-pyrrole nitrogens is 1. The fourth-order valence-corrected chi connectivity index (χ4v) is 5.23. The Labute approximate surface area is 183 Å². The van der Waals surface area contributed by atoms with Gasteiger partial charge in [-0.25, -0.2) is 9.97 Å². The van der Waals surface area contributed by atoms with Crippen molar-refractivity contribution in [2.45, 2.75) is 38.0 Å². The second kappa shape index (κ2) is 9.02.